The zero-order chi connectivity index (χ0) is 16.5. The van der Waals surface area contributed by atoms with E-state index < -0.39 is 0 Å². The Bertz CT molecular complexity index is 720. The molecule has 0 radical (unpaired) electrons. The van der Waals surface area contributed by atoms with Gasteiger partial charge in [-0.1, -0.05) is 66.2 Å². The molecule has 2 bridgehead atoms. The number of fused-ring (bicyclic) bond motifs is 2. The molecular weight excluding hydrogens is 296 g/mol. The van der Waals surface area contributed by atoms with Crippen LogP contribution in [0.5, 0.6) is 0 Å². The Labute approximate surface area is 143 Å². The predicted octanol–water partition coefficient (Wildman–Crippen LogP) is 4.85. The summed E-state index contributed by atoms with van der Waals surface area (Å²) < 4.78 is 5.62. The number of esters is 1. The van der Waals surface area contributed by atoms with Crippen LogP contribution in [0, 0.1) is 11.8 Å². The molecule has 0 amide bonds. The molecule has 0 spiro atoms. The van der Waals surface area contributed by atoms with Crippen LogP contribution in [0.2, 0.25) is 0 Å². The van der Waals surface area contributed by atoms with Gasteiger partial charge in [0, 0.05) is 12.8 Å². The standard InChI is InChI=1S/C22H22O2/c1-15(23)24-20-14-18-12-13-19(20)22(18)21(16-8-4-2-5-9-16)17-10-6-3-7-11-17/h2-11,18-20H,12-14H2,1H3/t18-,19+,20+/m0/s1. The van der Waals surface area contributed by atoms with Crippen molar-refractivity contribution < 1.29 is 9.53 Å². The van der Waals surface area contributed by atoms with E-state index in [0.717, 1.165) is 12.8 Å². The Kier molecular flexibility index (Phi) is 3.97. The number of benzene rings is 2. The summed E-state index contributed by atoms with van der Waals surface area (Å²) in [6.45, 7) is 1.52. The molecule has 2 aliphatic rings. The van der Waals surface area contributed by atoms with Crippen LogP contribution < -0.4 is 0 Å². The third kappa shape index (κ3) is 2.66. The Hall–Kier alpha value is -2.35. The van der Waals surface area contributed by atoms with Gasteiger partial charge in [0.2, 0.25) is 0 Å². The molecule has 3 atom stereocenters. The van der Waals surface area contributed by atoms with Gasteiger partial charge in [-0.25, -0.2) is 0 Å². The van der Waals surface area contributed by atoms with Crippen molar-refractivity contribution in [2.75, 3.05) is 0 Å². The van der Waals surface area contributed by atoms with E-state index in [1.807, 2.05) is 0 Å². The van der Waals surface area contributed by atoms with Gasteiger partial charge in [-0.2, -0.15) is 0 Å². The quantitative estimate of drug-likeness (QED) is 0.756. The smallest absolute Gasteiger partial charge is 0.302 e. The fourth-order valence-corrected chi connectivity index (χ4v) is 4.51. The molecule has 0 unspecified atom stereocenters. The summed E-state index contributed by atoms with van der Waals surface area (Å²) >= 11 is 0. The van der Waals surface area contributed by atoms with Crippen LogP contribution in [0.25, 0.3) is 5.57 Å². The summed E-state index contributed by atoms with van der Waals surface area (Å²) in [7, 11) is 0. The Morgan fingerprint density at radius 3 is 2.04 bits per heavy atom. The van der Waals surface area contributed by atoms with Gasteiger partial charge in [0.25, 0.3) is 0 Å². The monoisotopic (exact) mass is 318 g/mol. The van der Waals surface area contributed by atoms with E-state index in [1.165, 1.54) is 35.6 Å². The largest absolute Gasteiger partial charge is 0.462 e. The molecule has 2 nitrogen and oxygen atoms in total. The van der Waals surface area contributed by atoms with Crippen molar-refractivity contribution in [1.82, 2.24) is 0 Å². The van der Waals surface area contributed by atoms with E-state index in [2.05, 4.69) is 60.7 Å². The van der Waals surface area contributed by atoms with Crippen LogP contribution in [0.1, 0.15) is 37.3 Å². The van der Waals surface area contributed by atoms with Crippen molar-refractivity contribution in [2.45, 2.75) is 32.3 Å². The molecular formula is C22H22O2. The van der Waals surface area contributed by atoms with Crippen LogP contribution in [-0.2, 0) is 9.53 Å². The molecule has 2 heteroatoms. The van der Waals surface area contributed by atoms with Gasteiger partial charge in [0.15, 0.2) is 0 Å². The maximum absolute atomic E-state index is 11.5. The second-order valence-electron chi connectivity index (χ2n) is 6.83. The van der Waals surface area contributed by atoms with Crippen LogP contribution in [0.15, 0.2) is 66.2 Å². The summed E-state index contributed by atoms with van der Waals surface area (Å²) in [6.07, 6.45) is 3.36. The lowest BCUT2D eigenvalue weighted by atomic mass is 9.88. The number of ether oxygens (including phenoxy) is 1. The lowest BCUT2D eigenvalue weighted by Gasteiger charge is -2.21. The third-order valence-electron chi connectivity index (χ3n) is 5.36. The van der Waals surface area contributed by atoms with Crippen molar-refractivity contribution in [3.63, 3.8) is 0 Å². The highest BCUT2D eigenvalue weighted by atomic mass is 16.5. The second kappa shape index (κ2) is 6.27. The van der Waals surface area contributed by atoms with Crippen LogP contribution in [-0.4, -0.2) is 12.1 Å². The van der Waals surface area contributed by atoms with Gasteiger partial charge in [0.05, 0.1) is 0 Å². The molecule has 2 aromatic rings. The van der Waals surface area contributed by atoms with Crippen molar-refractivity contribution >= 4 is 11.5 Å². The zero-order valence-corrected chi connectivity index (χ0v) is 13.9. The summed E-state index contributed by atoms with van der Waals surface area (Å²) in [5.41, 5.74) is 5.37. The summed E-state index contributed by atoms with van der Waals surface area (Å²) in [6, 6.07) is 21.3. The topological polar surface area (TPSA) is 26.3 Å². The Balaban J connectivity index is 1.84. The molecule has 0 N–H and O–H groups in total. The molecule has 4 rings (SSSR count). The van der Waals surface area contributed by atoms with E-state index in [0.29, 0.717) is 11.8 Å². The average molecular weight is 318 g/mol. The maximum atomic E-state index is 11.5. The molecule has 0 saturated heterocycles. The van der Waals surface area contributed by atoms with Gasteiger partial charge < -0.3 is 4.74 Å². The number of carbonyl (C=O) groups is 1. The molecule has 0 aliphatic heterocycles. The SMILES string of the molecule is CC(=O)O[C@@H]1C[C@@H]2CC[C@H]1C2=C(c1ccccc1)c1ccccc1. The van der Waals surface area contributed by atoms with E-state index in [4.69, 9.17) is 4.74 Å². The van der Waals surface area contributed by atoms with Crippen molar-refractivity contribution in [1.29, 1.82) is 0 Å². The molecule has 0 heterocycles. The maximum Gasteiger partial charge on any atom is 0.302 e. The minimum Gasteiger partial charge on any atom is -0.462 e. The lowest BCUT2D eigenvalue weighted by Crippen LogP contribution is -2.22. The van der Waals surface area contributed by atoms with Gasteiger partial charge in [0.1, 0.15) is 6.10 Å². The van der Waals surface area contributed by atoms with Crippen LogP contribution >= 0.6 is 0 Å². The Morgan fingerprint density at radius 2 is 1.50 bits per heavy atom. The van der Waals surface area contributed by atoms with E-state index in [-0.39, 0.29) is 12.1 Å². The fourth-order valence-electron chi connectivity index (χ4n) is 4.51. The molecule has 0 aromatic heterocycles. The average Bonchev–Trinajstić information content (AvgIpc) is 3.14. The highest BCUT2D eigenvalue weighted by molar-refractivity contribution is 5.83. The molecule has 2 aromatic carbocycles. The first-order chi connectivity index (χ1) is 11.7. The van der Waals surface area contributed by atoms with E-state index >= 15 is 0 Å². The Morgan fingerprint density at radius 1 is 0.917 bits per heavy atom. The highest BCUT2D eigenvalue weighted by Crippen LogP contribution is 2.54. The van der Waals surface area contributed by atoms with Gasteiger partial charge in [-0.3, -0.25) is 4.79 Å². The minimum absolute atomic E-state index is 0.0543. The van der Waals surface area contributed by atoms with Gasteiger partial charge in [-0.05, 0) is 41.9 Å². The summed E-state index contributed by atoms with van der Waals surface area (Å²) in [5, 5.41) is 0. The number of carbonyl (C=O) groups excluding carboxylic acids is 1. The van der Waals surface area contributed by atoms with Crippen molar-refractivity contribution in [3.05, 3.63) is 77.4 Å². The number of rotatable bonds is 3. The first kappa shape index (κ1) is 15.2. The van der Waals surface area contributed by atoms with E-state index in [1.54, 1.807) is 0 Å². The molecule has 24 heavy (non-hydrogen) atoms. The third-order valence-corrected chi connectivity index (χ3v) is 5.36. The molecule has 2 saturated carbocycles. The first-order valence-corrected chi connectivity index (χ1v) is 8.76. The summed E-state index contributed by atoms with van der Waals surface area (Å²) in [4.78, 5) is 11.5. The number of hydrogen-bond acceptors (Lipinski definition) is 2. The van der Waals surface area contributed by atoms with Gasteiger partial charge in [-0.15, -0.1) is 0 Å². The molecule has 122 valence electrons. The number of hydrogen-bond donors (Lipinski definition) is 0. The fraction of sp³-hybridized carbons (Fsp3) is 0.318. The lowest BCUT2D eigenvalue weighted by molar-refractivity contribution is -0.148. The van der Waals surface area contributed by atoms with E-state index in [9.17, 15) is 4.79 Å². The minimum atomic E-state index is -0.159. The zero-order valence-electron chi connectivity index (χ0n) is 13.9. The summed E-state index contributed by atoms with van der Waals surface area (Å²) in [5.74, 6) is 0.747. The van der Waals surface area contributed by atoms with Crippen LogP contribution in [0.4, 0.5) is 0 Å². The van der Waals surface area contributed by atoms with Gasteiger partial charge >= 0.3 is 5.97 Å². The first-order valence-electron chi connectivity index (χ1n) is 8.76. The molecule has 2 fully saturated rings. The highest BCUT2D eigenvalue weighted by Gasteiger charge is 2.47. The second-order valence-corrected chi connectivity index (χ2v) is 6.83. The van der Waals surface area contributed by atoms with Crippen molar-refractivity contribution in [2.24, 2.45) is 11.8 Å². The molecule has 2 aliphatic carbocycles. The van der Waals surface area contributed by atoms with Crippen molar-refractivity contribution in [3.8, 4) is 0 Å². The predicted molar refractivity (Wildman–Crippen MR) is 95.3 cm³/mol. The normalized spacial score (nSPS) is 24.9. The van der Waals surface area contributed by atoms with Crippen LogP contribution in [0.3, 0.4) is 0 Å².